The first-order valence-corrected chi connectivity index (χ1v) is 13.2. The van der Waals surface area contributed by atoms with Crippen molar-refractivity contribution in [1.82, 2.24) is 34.9 Å². The first kappa shape index (κ1) is 25.1. The van der Waals surface area contributed by atoms with Gasteiger partial charge in [0.05, 0.1) is 29.1 Å². The first-order valence-electron chi connectivity index (χ1n) is 13.2. The van der Waals surface area contributed by atoms with Gasteiger partial charge in [-0.2, -0.15) is 15.1 Å². The molecule has 1 amide bonds. The van der Waals surface area contributed by atoms with Crippen LogP contribution in [0.5, 0.6) is 17.6 Å². The number of aromatic amines is 1. The van der Waals surface area contributed by atoms with E-state index < -0.39 is 0 Å². The van der Waals surface area contributed by atoms with Crippen molar-refractivity contribution in [3.63, 3.8) is 0 Å². The molecule has 2 aliphatic rings. The average Bonchev–Trinajstić information content (AvgIpc) is 3.61. The van der Waals surface area contributed by atoms with Crippen LogP contribution in [0, 0.1) is 12.8 Å². The monoisotopic (exact) mass is 528 g/mol. The number of amides is 1. The number of carbonyl (C=O) groups excluding carboxylic acids is 1. The topological polar surface area (TPSA) is 113 Å². The normalized spacial score (nSPS) is 18.2. The molecule has 39 heavy (non-hydrogen) atoms. The van der Waals surface area contributed by atoms with Gasteiger partial charge < -0.3 is 24.2 Å². The maximum absolute atomic E-state index is 12.1. The molecule has 202 valence electrons. The van der Waals surface area contributed by atoms with Gasteiger partial charge in [0.15, 0.2) is 0 Å². The molecule has 11 nitrogen and oxygen atoms in total. The summed E-state index contributed by atoms with van der Waals surface area (Å²) in [5.74, 6) is 2.16. The van der Waals surface area contributed by atoms with Crippen LogP contribution in [0.2, 0.25) is 0 Å². The van der Waals surface area contributed by atoms with Crippen molar-refractivity contribution in [3.05, 3.63) is 48.8 Å². The summed E-state index contributed by atoms with van der Waals surface area (Å²) in [6.45, 7) is 10.6. The van der Waals surface area contributed by atoms with Crippen LogP contribution in [-0.4, -0.2) is 93.8 Å². The number of piperazine rings is 1. The number of aryl methyl sites for hydroxylation is 1. The molecule has 2 aliphatic heterocycles. The Bertz CT molecular complexity index is 1530. The van der Waals surface area contributed by atoms with Crippen LogP contribution < -0.4 is 14.4 Å². The molecule has 11 heteroatoms. The third-order valence-electron chi connectivity index (χ3n) is 7.51. The third kappa shape index (κ3) is 4.97. The van der Waals surface area contributed by atoms with E-state index in [0.29, 0.717) is 61.9 Å². The molecule has 0 saturated carbocycles. The molecule has 3 aromatic heterocycles. The Morgan fingerprint density at radius 3 is 2.77 bits per heavy atom. The molecular formula is C28H32N8O3. The van der Waals surface area contributed by atoms with E-state index in [1.54, 1.807) is 17.3 Å². The second-order valence-corrected chi connectivity index (χ2v) is 10.2. The minimum absolute atomic E-state index is 0.0589. The Kier molecular flexibility index (Phi) is 6.74. The molecule has 1 N–H and O–H groups in total. The zero-order chi connectivity index (χ0) is 26.9. The molecule has 0 bridgehead atoms. The van der Waals surface area contributed by atoms with Crippen molar-refractivity contribution >= 4 is 33.5 Å². The fraction of sp³-hybridized carbons (Fsp3) is 0.393. The highest BCUT2D eigenvalue weighted by Crippen LogP contribution is 2.37. The van der Waals surface area contributed by atoms with Gasteiger partial charge in [0.1, 0.15) is 17.1 Å². The summed E-state index contributed by atoms with van der Waals surface area (Å²) >= 11 is 0. The van der Waals surface area contributed by atoms with E-state index >= 15 is 0 Å². The van der Waals surface area contributed by atoms with Gasteiger partial charge in [-0.25, -0.2) is 4.98 Å². The summed E-state index contributed by atoms with van der Waals surface area (Å²) in [5.41, 5.74) is 2.41. The van der Waals surface area contributed by atoms with Gasteiger partial charge in [-0.1, -0.05) is 12.6 Å². The average molecular weight is 529 g/mol. The predicted octanol–water partition coefficient (Wildman–Crippen LogP) is 3.17. The lowest BCUT2D eigenvalue weighted by Gasteiger charge is -2.35. The number of ether oxygens (including phenoxy) is 2. The molecule has 1 aromatic carbocycles. The summed E-state index contributed by atoms with van der Waals surface area (Å²) in [7, 11) is 2.12. The van der Waals surface area contributed by atoms with Gasteiger partial charge in [0.25, 0.3) is 0 Å². The molecule has 5 heterocycles. The van der Waals surface area contributed by atoms with Gasteiger partial charge in [0, 0.05) is 44.8 Å². The molecule has 1 unspecified atom stereocenters. The molecule has 0 aliphatic carbocycles. The van der Waals surface area contributed by atoms with Crippen LogP contribution in [0.4, 0.5) is 5.82 Å². The van der Waals surface area contributed by atoms with Crippen LogP contribution in [-0.2, 0) is 4.79 Å². The smallest absolute Gasteiger partial charge is 0.319 e. The number of rotatable bonds is 7. The van der Waals surface area contributed by atoms with Crippen molar-refractivity contribution in [2.75, 3.05) is 57.8 Å². The number of likely N-dealkylation sites (tertiary alicyclic amines) is 1. The molecule has 0 radical (unpaired) electrons. The second kappa shape index (κ2) is 10.5. The van der Waals surface area contributed by atoms with E-state index in [1.165, 1.54) is 6.08 Å². The zero-order valence-electron chi connectivity index (χ0n) is 22.3. The quantitative estimate of drug-likeness (QED) is 0.362. The van der Waals surface area contributed by atoms with Crippen LogP contribution in [0.15, 0.2) is 43.2 Å². The van der Waals surface area contributed by atoms with Gasteiger partial charge in [-0.15, -0.1) is 0 Å². The van der Waals surface area contributed by atoms with Gasteiger partial charge in [-0.3, -0.25) is 9.89 Å². The third-order valence-corrected chi connectivity index (χ3v) is 7.51. The van der Waals surface area contributed by atoms with E-state index in [2.05, 4.69) is 38.6 Å². The fourth-order valence-corrected chi connectivity index (χ4v) is 5.33. The summed E-state index contributed by atoms with van der Waals surface area (Å²) < 4.78 is 12.6. The maximum Gasteiger partial charge on any atom is 0.319 e. The Hall–Kier alpha value is -4.25. The number of aromatic nitrogens is 5. The minimum atomic E-state index is -0.0589. The summed E-state index contributed by atoms with van der Waals surface area (Å²) in [5, 5.41) is 8.85. The molecule has 2 saturated heterocycles. The SMILES string of the molecule is C=CC(=O)N1CCN(c2nc(OCC3CCN(C)C3)nc3c(Oc4c(C)ccc5[nH]ncc45)nccc23)CC1. The highest BCUT2D eigenvalue weighted by Gasteiger charge is 2.26. The number of hydrogen-bond donors (Lipinski definition) is 1. The molecular weight excluding hydrogens is 496 g/mol. The second-order valence-electron chi connectivity index (χ2n) is 10.2. The Morgan fingerprint density at radius 1 is 1.15 bits per heavy atom. The van der Waals surface area contributed by atoms with Crippen molar-refractivity contribution in [2.45, 2.75) is 13.3 Å². The molecule has 6 rings (SSSR count). The highest BCUT2D eigenvalue weighted by atomic mass is 16.5. The number of benzene rings is 1. The summed E-state index contributed by atoms with van der Waals surface area (Å²) in [6.07, 6.45) is 5.91. The van der Waals surface area contributed by atoms with E-state index in [0.717, 1.165) is 47.2 Å². The number of carbonyl (C=O) groups is 1. The molecule has 4 aromatic rings. The number of hydrogen-bond acceptors (Lipinski definition) is 9. The standard InChI is InChI=1S/C28H32N8O3/c1-4-23(37)35-11-13-36(14-12-35)26-20-7-9-29-27(39-25-18(2)5-6-22-21(25)15-30-33-22)24(20)31-28(32-26)38-17-19-8-10-34(3)16-19/h4-7,9,15,19H,1,8,10-14,16-17H2,2-3H3,(H,30,33). The van der Waals surface area contributed by atoms with Crippen molar-refractivity contribution in [3.8, 4) is 17.6 Å². The van der Waals surface area contributed by atoms with E-state index in [9.17, 15) is 4.79 Å². The number of pyridine rings is 1. The summed E-state index contributed by atoms with van der Waals surface area (Å²) in [4.78, 5) is 32.6. The summed E-state index contributed by atoms with van der Waals surface area (Å²) in [6, 6.07) is 6.16. The van der Waals surface area contributed by atoms with Crippen LogP contribution in [0.3, 0.4) is 0 Å². The van der Waals surface area contributed by atoms with E-state index in [1.807, 2.05) is 25.1 Å². The number of H-pyrrole nitrogens is 1. The highest BCUT2D eigenvalue weighted by molar-refractivity contribution is 5.94. The number of fused-ring (bicyclic) bond motifs is 2. The van der Waals surface area contributed by atoms with Crippen LogP contribution in [0.1, 0.15) is 12.0 Å². The van der Waals surface area contributed by atoms with Gasteiger partial charge in [-0.05, 0) is 50.7 Å². The van der Waals surface area contributed by atoms with Gasteiger partial charge >= 0.3 is 6.01 Å². The molecule has 2 fully saturated rings. The maximum atomic E-state index is 12.1. The Morgan fingerprint density at radius 2 is 2.00 bits per heavy atom. The lowest BCUT2D eigenvalue weighted by Crippen LogP contribution is -2.48. The predicted molar refractivity (Wildman–Crippen MR) is 148 cm³/mol. The van der Waals surface area contributed by atoms with Crippen molar-refractivity contribution in [2.24, 2.45) is 5.92 Å². The minimum Gasteiger partial charge on any atom is -0.463 e. The Balaban J connectivity index is 1.38. The lowest BCUT2D eigenvalue weighted by atomic mass is 10.1. The van der Waals surface area contributed by atoms with Crippen molar-refractivity contribution in [1.29, 1.82) is 0 Å². The van der Waals surface area contributed by atoms with Crippen LogP contribution >= 0.6 is 0 Å². The number of anilines is 1. The molecule has 0 spiro atoms. The molecule has 1 atom stereocenters. The van der Waals surface area contributed by atoms with E-state index in [-0.39, 0.29) is 5.91 Å². The van der Waals surface area contributed by atoms with Gasteiger partial charge in [0.2, 0.25) is 11.8 Å². The van der Waals surface area contributed by atoms with Crippen molar-refractivity contribution < 1.29 is 14.3 Å². The fourth-order valence-electron chi connectivity index (χ4n) is 5.33. The first-order chi connectivity index (χ1) is 19.0. The number of nitrogens with zero attached hydrogens (tertiary/aromatic N) is 7. The Labute approximate surface area is 226 Å². The van der Waals surface area contributed by atoms with Crippen LogP contribution in [0.25, 0.3) is 21.8 Å². The largest absolute Gasteiger partial charge is 0.463 e. The zero-order valence-corrected chi connectivity index (χ0v) is 22.3. The number of nitrogens with one attached hydrogen (secondary N) is 1. The lowest BCUT2D eigenvalue weighted by molar-refractivity contribution is -0.126. The van der Waals surface area contributed by atoms with E-state index in [4.69, 9.17) is 19.4 Å².